The third-order valence-electron chi connectivity index (χ3n) is 6.01. The summed E-state index contributed by atoms with van der Waals surface area (Å²) in [6, 6.07) is 9.37. The second-order valence-corrected chi connectivity index (χ2v) is 7.77. The molecule has 2 fully saturated rings. The van der Waals surface area contributed by atoms with E-state index in [0.29, 0.717) is 18.5 Å². The fraction of sp³-hybridized carbons (Fsp3) is 0.667. The Labute approximate surface area is 158 Å². The third kappa shape index (κ3) is 4.77. The van der Waals surface area contributed by atoms with Gasteiger partial charge in [-0.05, 0) is 32.4 Å². The van der Waals surface area contributed by atoms with Gasteiger partial charge in [-0.15, -0.1) is 0 Å². The Hall–Kier alpha value is -1.59. The van der Waals surface area contributed by atoms with E-state index in [4.69, 9.17) is 0 Å². The topological polar surface area (TPSA) is 30.0 Å². The predicted octanol–water partition coefficient (Wildman–Crippen LogP) is 2.06. The molecule has 2 aliphatic heterocycles. The van der Waals surface area contributed by atoms with Gasteiger partial charge in [0.25, 0.3) is 0 Å². The SMILES string of the molecule is CCC(C)N1CCN(C(=O)CN2CCN(c3ccc(C)cc3)CC2)CC1. The Morgan fingerprint density at radius 1 is 0.962 bits per heavy atom. The van der Waals surface area contributed by atoms with E-state index in [1.165, 1.54) is 17.7 Å². The molecule has 1 atom stereocenters. The summed E-state index contributed by atoms with van der Waals surface area (Å²) in [4.78, 5) is 22.0. The molecule has 0 radical (unpaired) electrons. The van der Waals surface area contributed by atoms with Crippen LogP contribution in [0.5, 0.6) is 0 Å². The van der Waals surface area contributed by atoms with E-state index in [1.807, 2.05) is 0 Å². The summed E-state index contributed by atoms with van der Waals surface area (Å²) < 4.78 is 0. The fourth-order valence-corrected chi connectivity index (χ4v) is 3.88. The highest BCUT2D eigenvalue weighted by molar-refractivity contribution is 5.78. The van der Waals surface area contributed by atoms with Crippen LogP contribution in [0.2, 0.25) is 0 Å². The van der Waals surface area contributed by atoms with Gasteiger partial charge in [0.05, 0.1) is 6.54 Å². The number of aryl methyl sites for hydroxylation is 1. The summed E-state index contributed by atoms with van der Waals surface area (Å²) in [5.41, 5.74) is 2.59. The first-order valence-corrected chi connectivity index (χ1v) is 10.1. The Bertz CT molecular complexity index is 572. The summed E-state index contributed by atoms with van der Waals surface area (Å²) in [5, 5.41) is 0. The molecule has 0 aromatic heterocycles. The highest BCUT2D eigenvalue weighted by Gasteiger charge is 2.26. The first kappa shape index (κ1) is 19.2. The lowest BCUT2D eigenvalue weighted by Gasteiger charge is -2.40. The van der Waals surface area contributed by atoms with Gasteiger partial charge in [-0.2, -0.15) is 0 Å². The van der Waals surface area contributed by atoms with Crippen molar-refractivity contribution in [1.82, 2.24) is 14.7 Å². The molecule has 2 heterocycles. The van der Waals surface area contributed by atoms with Crippen molar-refractivity contribution < 1.29 is 4.79 Å². The van der Waals surface area contributed by atoms with Crippen molar-refractivity contribution in [3.63, 3.8) is 0 Å². The molecular formula is C21H34N4O. The quantitative estimate of drug-likeness (QED) is 0.806. The summed E-state index contributed by atoms with van der Waals surface area (Å²) >= 11 is 0. The molecule has 0 bridgehead atoms. The number of carbonyl (C=O) groups excluding carboxylic acids is 1. The molecule has 26 heavy (non-hydrogen) atoms. The minimum absolute atomic E-state index is 0.303. The molecule has 3 rings (SSSR count). The first-order chi connectivity index (χ1) is 12.6. The Morgan fingerprint density at radius 2 is 1.58 bits per heavy atom. The molecule has 0 aliphatic carbocycles. The first-order valence-electron chi connectivity index (χ1n) is 10.1. The molecule has 5 nitrogen and oxygen atoms in total. The lowest BCUT2D eigenvalue weighted by atomic mass is 10.2. The van der Waals surface area contributed by atoms with Crippen LogP contribution in [0.4, 0.5) is 5.69 Å². The van der Waals surface area contributed by atoms with Gasteiger partial charge in [0, 0.05) is 64.1 Å². The Balaban J connectivity index is 1.42. The average Bonchev–Trinajstić information content (AvgIpc) is 2.69. The van der Waals surface area contributed by atoms with E-state index in [9.17, 15) is 4.79 Å². The van der Waals surface area contributed by atoms with Crippen LogP contribution in [0.25, 0.3) is 0 Å². The van der Waals surface area contributed by atoms with Crippen molar-refractivity contribution in [3.8, 4) is 0 Å². The van der Waals surface area contributed by atoms with E-state index in [2.05, 4.69) is 64.6 Å². The van der Waals surface area contributed by atoms with E-state index < -0.39 is 0 Å². The van der Waals surface area contributed by atoms with Crippen LogP contribution in [0.3, 0.4) is 0 Å². The minimum Gasteiger partial charge on any atom is -0.369 e. The molecule has 1 amide bonds. The Morgan fingerprint density at radius 3 is 2.15 bits per heavy atom. The van der Waals surface area contributed by atoms with Crippen molar-refractivity contribution in [2.45, 2.75) is 33.2 Å². The molecule has 0 spiro atoms. The maximum atomic E-state index is 12.7. The van der Waals surface area contributed by atoms with Crippen molar-refractivity contribution in [3.05, 3.63) is 29.8 Å². The molecular weight excluding hydrogens is 324 g/mol. The summed E-state index contributed by atoms with van der Waals surface area (Å²) in [7, 11) is 0. The lowest BCUT2D eigenvalue weighted by molar-refractivity contribution is -0.134. The lowest BCUT2D eigenvalue weighted by Crippen LogP contribution is -2.55. The highest BCUT2D eigenvalue weighted by atomic mass is 16.2. The van der Waals surface area contributed by atoms with Crippen molar-refractivity contribution in [2.24, 2.45) is 0 Å². The third-order valence-corrected chi connectivity index (χ3v) is 6.01. The van der Waals surface area contributed by atoms with E-state index in [0.717, 1.165) is 52.4 Å². The van der Waals surface area contributed by atoms with Crippen LogP contribution in [0.15, 0.2) is 24.3 Å². The van der Waals surface area contributed by atoms with Crippen molar-refractivity contribution in [1.29, 1.82) is 0 Å². The molecule has 2 aliphatic rings. The zero-order chi connectivity index (χ0) is 18.5. The van der Waals surface area contributed by atoms with Crippen molar-refractivity contribution >= 4 is 11.6 Å². The summed E-state index contributed by atoms with van der Waals surface area (Å²) in [5.74, 6) is 0.303. The molecule has 0 N–H and O–H groups in total. The van der Waals surface area contributed by atoms with Crippen LogP contribution in [-0.2, 0) is 4.79 Å². The van der Waals surface area contributed by atoms with Crippen LogP contribution in [0, 0.1) is 6.92 Å². The van der Waals surface area contributed by atoms with Gasteiger partial charge < -0.3 is 9.80 Å². The molecule has 1 aromatic rings. The fourth-order valence-electron chi connectivity index (χ4n) is 3.88. The van der Waals surface area contributed by atoms with E-state index in [-0.39, 0.29) is 0 Å². The molecule has 5 heteroatoms. The normalized spacial score (nSPS) is 21.0. The predicted molar refractivity (Wildman–Crippen MR) is 108 cm³/mol. The maximum absolute atomic E-state index is 12.7. The Kier molecular flexibility index (Phi) is 6.54. The standard InChI is InChI=1S/C21H34N4O/c1-4-19(3)23-13-15-25(16-14-23)21(26)17-22-9-11-24(12-10-22)20-7-5-18(2)6-8-20/h5-8,19H,4,9-17H2,1-3H3. The monoisotopic (exact) mass is 358 g/mol. The number of hydrogen-bond donors (Lipinski definition) is 0. The second kappa shape index (κ2) is 8.87. The van der Waals surface area contributed by atoms with Crippen LogP contribution in [-0.4, -0.2) is 85.6 Å². The number of benzene rings is 1. The van der Waals surface area contributed by atoms with Crippen molar-refractivity contribution in [2.75, 3.05) is 63.8 Å². The number of amides is 1. The van der Waals surface area contributed by atoms with E-state index >= 15 is 0 Å². The average molecular weight is 359 g/mol. The number of rotatable bonds is 5. The second-order valence-electron chi connectivity index (χ2n) is 7.77. The largest absolute Gasteiger partial charge is 0.369 e. The molecule has 1 aromatic carbocycles. The number of piperazine rings is 2. The van der Waals surface area contributed by atoms with E-state index in [1.54, 1.807) is 0 Å². The molecule has 1 unspecified atom stereocenters. The minimum atomic E-state index is 0.303. The number of nitrogens with zero attached hydrogens (tertiary/aromatic N) is 4. The van der Waals surface area contributed by atoms with Crippen LogP contribution in [0.1, 0.15) is 25.8 Å². The van der Waals surface area contributed by atoms with Gasteiger partial charge in [0.1, 0.15) is 0 Å². The van der Waals surface area contributed by atoms with Crippen LogP contribution < -0.4 is 4.90 Å². The smallest absolute Gasteiger partial charge is 0.236 e. The number of anilines is 1. The van der Waals surface area contributed by atoms with Gasteiger partial charge in [0.2, 0.25) is 5.91 Å². The van der Waals surface area contributed by atoms with Gasteiger partial charge in [-0.25, -0.2) is 0 Å². The molecule has 0 saturated carbocycles. The van der Waals surface area contributed by atoms with Gasteiger partial charge in [0.15, 0.2) is 0 Å². The highest BCUT2D eigenvalue weighted by Crippen LogP contribution is 2.17. The van der Waals surface area contributed by atoms with Gasteiger partial charge in [-0.3, -0.25) is 14.6 Å². The summed E-state index contributed by atoms with van der Waals surface area (Å²) in [6.07, 6.45) is 1.18. The molecule has 2 saturated heterocycles. The van der Waals surface area contributed by atoms with Gasteiger partial charge >= 0.3 is 0 Å². The zero-order valence-corrected chi connectivity index (χ0v) is 16.7. The summed E-state index contributed by atoms with van der Waals surface area (Å²) in [6.45, 7) is 14.9. The maximum Gasteiger partial charge on any atom is 0.236 e. The number of hydrogen-bond acceptors (Lipinski definition) is 4. The van der Waals surface area contributed by atoms with Crippen LogP contribution >= 0.6 is 0 Å². The molecule has 144 valence electrons. The van der Waals surface area contributed by atoms with Gasteiger partial charge in [-0.1, -0.05) is 24.6 Å². The zero-order valence-electron chi connectivity index (χ0n) is 16.7. The number of carbonyl (C=O) groups is 1.